The van der Waals surface area contributed by atoms with Crippen LogP contribution >= 0.6 is 0 Å². The van der Waals surface area contributed by atoms with E-state index in [-0.39, 0.29) is 5.91 Å². The number of hydrogen-bond acceptors (Lipinski definition) is 4. The van der Waals surface area contributed by atoms with E-state index in [1.165, 1.54) is 12.8 Å². The Hall–Kier alpha value is -1.62. The van der Waals surface area contributed by atoms with Gasteiger partial charge in [0.05, 0.1) is 5.41 Å². The van der Waals surface area contributed by atoms with Gasteiger partial charge in [0.1, 0.15) is 5.82 Å². The molecule has 1 aromatic rings. The van der Waals surface area contributed by atoms with Gasteiger partial charge in [0.2, 0.25) is 5.91 Å². The molecule has 1 fully saturated rings. The summed E-state index contributed by atoms with van der Waals surface area (Å²) >= 11 is 0. The fraction of sp³-hybridized carbons (Fsp3) is 0.647. The van der Waals surface area contributed by atoms with Crippen molar-refractivity contribution in [3.8, 4) is 0 Å². The summed E-state index contributed by atoms with van der Waals surface area (Å²) in [4.78, 5) is 19.2. The van der Waals surface area contributed by atoms with Crippen molar-refractivity contribution in [3.05, 3.63) is 23.9 Å². The monoisotopic (exact) mass is 304 g/mol. The van der Waals surface area contributed by atoms with E-state index in [0.717, 1.165) is 37.3 Å². The highest BCUT2D eigenvalue weighted by atomic mass is 16.2. The zero-order valence-electron chi connectivity index (χ0n) is 13.8. The molecule has 122 valence electrons. The minimum absolute atomic E-state index is 0.0450. The van der Waals surface area contributed by atoms with Crippen LogP contribution in [0.3, 0.4) is 0 Å². The molecule has 0 spiro atoms. The number of rotatable bonds is 7. The Morgan fingerprint density at radius 2 is 2.00 bits per heavy atom. The molecule has 1 aliphatic heterocycles. The Bertz CT molecular complexity index is 468. The quantitative estimate of drug-likeness (QED) is 0.809. The maximum atomic E-state index is 12.4. The first-order valence-electron chi connectivity index (χ1n) is 8.33. The molecule has 1 amide bonds. The number of carbonyl (C=O) groups excluding carboxylic acids is 1. The summed E-state index contributed by atoms with van der Waals surface area (Å²) < 4.78 is 0. The lowest BCUT2D eigenvalue weighted by Gasteiger charge is -2.28. The van der Waals surface area contributed by atoms with Crippen LogP contribution in [0.25, 0.3) is 0 Å². The molecule has 0 aromatic carbocycles. The van der Waals surface area contributed by atoms with Crippen molar-refractivity contribution in [2.45, 2.75) is 46.1 Å². The second kappa shape index (κ2) is 7.58. The van der Waals surface area contributed by atoms with Crippen molar-refractivity contribution in [1.82, 2.24) is 10.3 Å². The molecule has 1 aromatic heterocycles. The van der Waals surface area contributed by atoms with Gasteiger partial charge in [-0.05, 0) is 37.3 Å². The van der Waals surface area contributed by atoms with Crippen LogP contribution in [0.4, 0.5) is 5.82 Å². The van der Waals surface area contributed by atoms with E-state index in [4.69, 9.17) is 5.73 Å². The maximum absolute atomic E-state index is 12.4. The molecule has 2 heterocycles. The van der Waals surface area contributed by atoms with E-state index in [9.17, 15) is 4.79 Å². The first kappa shape index (κ1) is 16.7. The maximum Gasteiger partial charge on any atom is 0.227 e. The highest BCUT2D eigenvalue weighted by Gasteiger charge is 2.32. The zero-order chi connectivity index (χ0) is 16.0. The van der Waals surface area contributed by atoms with E-state index in [1.54, 1.807) is 0 Å². The average Bonchev–Trinajstić information content (AvgIpc) is 3.10. The van der Waals surface area contributed by atoms with Crippen molar-refractivity contribution in [1.29, 1.82) is 0 Å². The van der Waals surface area contributed by atoms with Crippen molar-refractivity contribution in [3.63, 3.8) is 0 Å². The Labute approximate surface area is 133 Å². The smallest absolute Gasteiger partial charge is 0.227 e. The van der Waals surface area contributed by atoms with E-state index in [1.807, 2.05) is 32.2 Å². The molecule has 22 heavy (non-hydrogen) atoms. The van der Waals surface area contributed by atoms with Crippen LogP contribution in [-0.4, -0.2) is 30.5 Å². The van der Waals surface area contributed by atoms with Crippen LogP contribution in [-0.2, 0) is 11.3 Å². The molecule has 2 rings (SSSR count). The minimum Gasteiger partial charge on any atom is -0.357 e. The Morgan fingerprint density at radius 1 is 1.32 bits per heavy atom. The summed E-state index contributed by atoms with van der Waals surface area (Å²) in [5.74, 6) is 1.08. The second-order valence-corrected chi connectivity index (χ2v) is 6.09. The number of hydrogen-bond donors (Lipinski definition) is 2. The van der Waals surface area contributed by atoms with Gasteiger partial charge in [0.25, 0.3) is 0 Å². The Kier molecular flexibility index (Phi) is 5.77. The fourth-order valence-electron chi connectivity index (χ4n) is 2.98. The van der Waals surface area contributed by atoms with Gasteiger partial charge in [0.15, 0.2) is 0 Å². The van der Waals surface area contributed by atoms with Gasteiger partial charge in [0, 0.05) is 32.4 Å². The summed E-state index contributed by atoms with van der Waals surface area (Å²) in [5.41, 5.74) is 6.39. The molecule has 5 nitrogen and oxygen atoms in total. The molecule has 1 saturated heterocycles. The molecule has 3 N–H and O–H groups in total. The van der Waals surface area contributed by atoms with Crippen LogP contribution in [0.2, 0.25) is 0 Å². The van der Waals surface area contributed by atoms with Crippen LogP contribution in [0.5, 0.6) is 0 Å². The lowest BCUT2D eigenvalue weighted by atomic mass is 9.81. The molecule has 0 bridgehead atoms. The average molecular weight is 304 g/mol. The van der Waals surface area contributed by atoms with Gasteiger partial charge in [-0.15, -0.1) is 0 Å². The van der Waals surface area contributed by atoms with Crippen LogP contribution in [0.15, 0.2) is 18.3 Å². The number of nitrogens with one attached hydrogen (secondary N) is 1. The molecule has 0 radical (unpaired) electrons. The molecular formula is C17H28N4O. The van der Waals surface area contributed by atoms with E-state index < -0.39 is 5.41 Å². The van der Waals surface area contributed by atoms with E-state index >= 15 is 0 Å². The largest absolute Gasteiger partial charge is 0.357 e. The second-order valence-electron chi connectivity index (χ2n) is 6.09. The SMILES string of the molecule is CCC(CC)(CN)C(=O)NCc1ccc(N2CCCC2)nc1. The molecule has 0 aliphatic carbocycles. The molecule has 0 atom stereocenters. The summed E-state index contributed by atoms with van der Waals surface area (Å²) in [5, 5.41) is 3.01. The number of amides is 1. The lowest BCUT2D eigenvalue weighted by Crippen LogP contribution is -2.45. The summed E-state index contributed by atoms with van der Waals surface area (Å²) in [6, 6.07) is 4.09. The third-order valence-corrected chi connectivity index (χ3v) is 4.92. The van der Waals surface area contributed by atoms with Crippen molar-refractivity contribution in [2.24, 2.45) is 11.1 Å². The topological polar surface area (TPSA) is 71.2 Å². The highest BCUT2D eigenvalue weighted by molar-refractivity contribution is 5.82. The van der Waals surface area contributed by atoms with Gasteiger partial charge < -0.3 is 16.0 Å². The van der Waals surface area contributed by atoms with Crippen LogP contribution in [0, 0.1) is 5.41 Å². The van der Waals surface area contributed by atoms with Gasteiger partial charge in [-0.2, -0.15) is 0 Å². The third kappa shape index (κ3) is 3.58. The van der Waals surface area contributed by atoms with E-state index in [2.05, 4.69) is 15.2 Å². The van der Waals surface area contributed by atoms with Gasteiger partial charge in [-0.25, -0.2) is 4.98 Å². The number of pyridine rings is 1. The van der Waals surface area contributed by atoms with Crippen LogP contribution < -0.4 is 16.0 Å². The number of aromatic nitrogens is 1. The Morgan fingerprint density at radius 3 is 2.50 bits per heavy atom. The lowest BCUT2D eigenvalue weighted by molar-refractivity contribution is -0.131. The number of nitrogens with two attached hydrogens (primary N) is 1. The number of nitrogens with zero attached hydrogens (tertiary/aromatic N) is 2. The third-order valence-electron chi connectivity index (χ3n) is 4.92. The molecule has 0 saturated carbocycles. The predicted molar refractivity (Wildman–Crippen MR) is 89.6 cm³/mol. The highest BCUT2D eigenvalue weighted by Crippen LogP contribution is 2.25. The predicted octanol–water partition coefficient (Wildman–Crippen LogP) is 2.06. The number of anilines is 1. The normalized spacial score (nSPS) is 15.1. The fourth-order valence-corrected chi connectivity index (χ4v) is 2.98. The van der Waals surface area contributed by atoms with Crippen molar-refractivity contribution < 1.29 is 4.79 Å². The summed E-state index contributed by atoms with van der Waals surface area (Å²) in [7, 11) is 0. The summed E-state index contributed by atoms with van der Waals surface area (Å²) in [6.45, 7) is 7.11. The van der Waals surface area contributed by atoms with Gasteiger partial charge >= 0.3 is 0 Å². The van der Waals surface area contributed by atoms with Crippen molar-refractivity contribution >= 4 is 11.7 Å². The molecule has 1 aliphatic rings. The first-order chi connectivity index (χ1) is 10.6. The minimum atomic E-state index is -0.442. The number of carbonyl (C=O) groups is 1. The van der Waals surface area contributed by atoms with Gasteiger partial charge in [-0.1, -0.05) is 19.9 Å². The zero-order valence-corrected chi connectivity index (χ0v) is 13.8. The molecule has 5 heteroatoms. The van der Waals surface area contributed by atoms with Crippen molar-refractivity contribution in [2.75, 3.05) is 24.5 Å². The molecule has 0 unspecified atom stereocenters. The molecular weight excluding hydrogens is 276 g/mol. The van der Waals surface area contributed by atoms with Crippen LogP contribution in [0.1, 0.15) is 45.1 Å². The first-order valence-corrected chi connectivity index (χ1v) is 8.33. The summed E-state index contributed by atoms with van der Waals surface area (Å²) in [6.07, 6.45) is 5.87. The Balaban J connectivity index is 1.92. The van der Waals surface area contributed by atoms with Gasteiger partial charge in [-0.3, -0.25) is 4.79 Å². The van der Waals surface area contributed by atoms with E-state index in [0.29, 0.717) is 13.1 Å². The standard InChI is InChI=1S/C17H28N4O/c1-3-17(4-2,13-18)16(22)20-12-14-7-8-15(19-11-14)21-9-5-6-10-21/h7-8,11H,3-6,9-10,12-13,18H2,1-2H3,(H,20,22).